The predicted molar refractivity (Wildman–Crippen MR) is 77.8 cm³/mol. The molecule has 2 aliphatic rings. The third kappa shape index (κ3) is 2.59. The first kappa shape index (κ1) is 14.3. The van der Waals surface area contributed by atoms with Crippen LogP contribution in [0.3, 0.4) is 0 Å². The van der Waals surface area contributed by atoms with Gasteiger partial charge in [-0.1, -0.05) is 6.92 Å². The molecule has 2 saturated heterocycles. The van der Waals surface area contributed by atoms with Gasteiger partial charge in [-0.15, -0.1) is 0 Å². The summed E-state index contributed by atoms with van der Waals surface area (Å²) in [6, 6.07) is 0. The Balaban J connectivity index is 2.15. The van der Waals surface area contributed by atoms with Gasteiger partial charge in [0.25, 0.3) is 0 Å². The van der Waals surface area contributed by atoms with Crippen LogP contribution in [0, 0.1) is 0 Å². The minimum absolute atomic E-state index is 0.268. The van der Waals surface area contributed by atoms with Crippen LogP contribution in [0.5, 0.6) is 0 Å². The van der Waals surface area contributed by atoms with E-state index in [0.717, 1.165) is 6.54 Å². The smallest absolute Gasteiger partial charge is 0.0349 e. The molecule has 0 spiro atoms. The van der Waals surface area contributed by atoms with Crippen LogP contribution in [-0.2, 0) is 0 Å². The molecule has 0 aromatic heterocycles. The highest BCUT2D eigenvalue weighted by Gasteiger charge is 2.45. The molecule has 2 heterocycles. The molecule has 1 unspecified atom stereocenters. The fraction of sp³-hybridized carbons (Fsp3) is 1.00. The lowest BCUT2D eigenvalue weighted by Gasteiger charge is -2.48. The van der Waals surface area contributed by atoms with E-state index in [1.165, 1.54) is 58.3 Å². The van der Waals surface area contributed by atoms with Crippen molar-refractivity contribution in [3.05, 3.63) is 0 Å². The maximum atomic E-state index is 6.24. The van der Waals surface area contributed by atoms with E-state index >= 15 is 0 Å². The molecule has 3 heteroatoms. The summed E-state index contributed by atoms with van der Waals surface area (Å²) in [6.45, 7) is 12.8. The Morgan fingerprint density at radius 3 is 2.28 bits per heavy atom. The molecule has 18 heavy (non-hydrogen) atoms. The minimum atomic E-state index is 0.268. The first-order valence-corrected chi connectivity index (χ1v) is 7.74. The summed E-state index contributed by atoms with van der Waals surface area (Å²) in [4.78, 5) is 5.33. The van der Waals surface area contributed by atoms with E-state index in [4.69, 9.17) is 5.73 Å². The van der Waals surface area contributed by atoms with E-state index in [0.29, 0.717) is 5.54 Å². The second-order valence-corrected chi connectivity index (χ2v) is 6.78. The quantitative estimate of drug-likeness (QED) is 0.836. The van der Waals surface area contributed by atoms with E-state index < -0.39 is 0 Å². The third-order valence-corrected chi connectivity index (χ3v) is 5.31. The fourth-order valence-electron chi connectivity index (χ4n) is 4.12. The van der Waals surface area contributed by atoms with Crippen LogP contribution in [0.25, 0.3) is 0 Å². The van der Waals surface area contributed by atoms with Gasteiger partial charge in [-0.05, 0) is 72.1 Å². The van der Waals surface area contributed by atoms with Gasteiger partial charge in [0, 0.05) is 17.6 Å². The first-order chi connectivity index (χ1) is 8.54. The molecule has 2 rings (SSSR count). The van der Waals surface area contributed by atoms with E-state index in [9.17, 15) is 0 Å². The molecule has 0 aromatic rings. The highest BCUT2D eigenvalue weighted by atomic mass is 15.3. The molecule has 0 aliphatic carbocycles. The molecule has 106 valence electrons. The number of rotatable bonds is 3. The van der Waals surface area contributed by atoms with Crippen molar-refractivity contribution < 1.29 is 0 Å². The number of hydrogen-bond donors (Lipinski definition) is 1. The molecule has 2 aliphatic heterocycles. The van der Waals surface area contributed by atoms with Crippen molar-refractivity contribution in [2.75, 3.05) is 32.7 Å². The summed E-state index contributed by atoms with van der Waals surface area (Å²) >= 11 is 0. The predicted octanol–water partition coefficient (Wildman–Crippen LogP) is 2.06. The highest BCUT2D eigenvalue weighted by molar-refractivity contribution is 5.03. The van der Waals surface area contributed by atoms with E-state index in [-0.39, 0.29) is 5.54 Å². The Morgan fingerprint density at radius 2 is 1.72 bits per heavy atom. The van der Waals surface area contributed by atoms with E-state index in [2.05, 4.69) is 30.6 Å². The van der Waals surface area contributed by atoms with Crippen molar-refractivity contribution in [1.29, 1.82) is 0 Å². The average Bonchev–Trinajstić information content (AvgIpc) is 2.61. The molecule has 2 N–H and O–H groups in total. The standard InChI is InChI=1S/C15H31N3/c1-4-17-10-6-8-15(13-16,9-12-17)18-11-5-7-14(18,2)3/h4-13,16H2,1-3H3. The SMILES string of the molecule is CCN1CCCC(CN)(N2CCCC2(C)C)CC1. The number of likely N-dealkylation sites (tertiary alicyclic amines) is 2. The maximum Gasteiger partial charge on any atom is 0.0349 e. The Kier molecular flexibility index (Phi) is 4.35. The third-order valence-electron chi connectivity index (χ3n) is 5.31. The second kappa shape index (κ2) is 5.48. The largest absolute Gasteiger partial charge is 0.329 e. The molecule has 0 amide bonds. The van der Waals surface area contributed by atoms with Crippen LogP contribution < -0.4 is 5.73 Å². The van der Waals surface area contributed by atoms with Gasteiger partial charge in [0.1, 0.15) is 0 Å². The Labute approximate surface area is 113 Å². The van der Waals surface area contributed by atoms with E-state index in [1.807, 2.05) is 0 Å². The van der Waals surface area contributed by atoms with Gasteiger partial charge in [0.15, 0.2) is 0 Å². The monoisotopic (exact) mass is 253 g/mol. The molecule has 0 bridgehead atoms. The van der Waals surface area contributed by atoms with Crippen LogP contribution in [0.1, 0.15) is 52.9 Å². The van der Waals surface area contributed by atoms with Gasteiger partial charge in [-0.3, -0.25) is 4.90 Å². The first-order valence-electron chi connectivity index (χ1n) is 7.74. The van der Waals surface area contributed by atoms with Crippen LogP contribution >= 0.6 is 0 Å². The van der Waals surface area contributed by atoms with Gasteiger partial charge >= 0.3 is 0 Å². The average molecular weight is 253 g/mol. The van der Waals surface area contributed by atoms with Gasteiger partial charge in [-0.25, -0.2) is 0 Å². The lowest BCUT2D eigenvalue weighted by atomic mass is 9.85. The van der Waals surface area contributed by atoms with Gasteiger partial charge in [0.2, 0.25) is 0 Å². The van der Waals surface area contributed by atoms with Gasteiger partial charge in [-0.2, -0.15) is 0 Å². The summed E-state index contributed by atoms with van der Waals surface area (Å²) in [7, 11) is 0. The molecule has 0 aromatic carbocycles. The topological polar surface area (TPSA) is 32.5 Å². The zero-order valence-electron chi connectivity index (χ0n) is 12.5. The molecule has 0 radical (unpaired) electrons. The lowest BCUT2D eigenvalue weighted by molar-refractivity contribution is 0.0237. The van der Waals surface area contributed by atoms with Crippen molar-refractivity contribution in [3.8, 4) is 0 Å². The van der Waals surface area contributed by atoms with Crippen molar-refractivity contribution in [2.24, 2.45) is 5.73 Å². The Bertz CT molecular complexity index is 277. The number of nitrogens with two attached hydrogens (primary N) is 1. The summed E-state index contributed by atoms with van der Waals surface area (Å²) < 4.78 is 0. The summed E-state index contributed by atoms with van der Waals surface area (Å²) in [5.41, 5.74) is 6.85. The molecule has 2 fully saturated rings. The van der Waals surface area contributed by atoms with Crippen molar-refractivity contribution in [2.45, 2.75) is 64.0 Å². The minimum Gasteiger partial charge on any atom is -0.329 e. The summed E-state index contributed by atoms with van der Waals surface area (Å²) in [6.07, 6.45) is 6.50. The molecule has 1 atom stereocenters. The molecule has 3 nitrogen and oxygen atoms in total. The maximum absolute atomic E-state index is 6.24. The zero-order chi connectivity index (χ0) is 13.2. The van der Waals surface area contributed by atoms with Gasteiger partial charge < -0.3 is 10.6 Å². The highest BCUT2D eigenvalue weighted by Crippen LogP contribution is 2.39. The molecule has 0 saturated carbocycles. The van der Waals surface area contributed by atoms with Crippen LogP contribution in [0.4, 0.5) is 0 Å². The number of hydrogen-bond acceptors (Lipinski definition) is 3. The van der Waals surface area contributed by atoms with Crippen LogP contribution in [0.15, 0.2) is 0 Å². The second-order valence-electron chi connectivity index (χ2n) is 6.78. The lowest BCUT2D eigenvalue weighted by Crippen LogP contribution is -2.59. The van der Waals surface area contributed by atoms with Gasteiger partial charge in [0.05, 0.1) is 0 Å². The Hall–Kier alpha value is -0.120. The van der Waals surface area contributed by atoms with Crippen molar-refractivity contribution in [1.82, 2.24) is 9.80 Å². The molecular weight excluding hydrogens is 222 g/mol. The Morgan fingerprint density at radius 1 is 1.00 bits per heavy atom. The number of nitrogens with zero attached hydrogens (tertiary/aromatic N) is 2. The fourth-order valence-corrected chi connectivity index (χ4v) is 4.12. The van der Waals surface area contributed by atoms with Crippen molar-refractivity contribution >= 4 is 0 Å². The normalized spacial score (nSPS) is 34.7. The van der Waals surface area contributed by atoms with Crippen LogP contribution in [-0.4, -0.2) is 53.6 Å². The van der Waals surface area contributed by atoms with Crippen molar-refractivity contribution in [3.63, 3.8) is 0 Å². The molecular formula is C15H31N3. The zero-order valence-corrected chi connectivity index (χ0v) is 12.5. The summed E-state index contributed by atoms with van der Waals surface area (Å²) in [5.74, 6) is 0. The van der Waals surface area contributed by atoms with E-state index in [1.54, 1.807) is 0 Å². The summed E-state index contributed by atoms with van der Waals surface area (Å²) in [5, 5.41) is 0. The van der Waals surface area contributed by atoms with Crippen LogP contribution in [0.2, 0.25) is 0 Å².